The first-order chi connectivity index (χ1) is 28.0. The number of rotatable bonds is 8. The van der Waals surface area contributed by atoms with Crippen LogP contribution in [-0.2, 0) is 6.54 Å². The van der Waals surface area contributed by atoms with Crippen LogP contribution >= 0.6 is 39.8 Å². The van der Waals surface area contributed by atoms with Crippen molar-refractivity contribution in [3.63, 3.8) is 0 Å². The van der Waals surface area contributed by atoms with E-state index < -0.39 is 26.7 Å². The first-order valence-corrected chi connectivity index (χ1v) is 21.3. The zero-order valence-corrected chi connectivity index (χ0v) is 35.8. The predicted octanol–water partition coefficient (Wildman–Crippen LogP) is 9.89. The topological polar surface area (TPSA) is 71.2 Å². The van der Waals surface area contributed by atoms with E-state index in [1.165, 1.54) is 54.9 Å². The van der Waals surface area contributed by atoms with Gasteiger partial charge >= 0.3 is 7.12 Å². The molecule has 0 aliphatic carbocycles. The molecule has 0 saturated carbocycles. The van der Waals surface area contributed by atoms with Gasteiger partial charge in [0, 0.05) is 11.5 Å². The zero-order valence-electron chi connectivity index (χ0n) is 31.7. The molecule has 8 rings (SSSR count). The van der Waals surface area contributed by atoms with Gasteiger partial charge in [-0.1, -0.05) is 157 Å². The SMILES string of the molecule is Cc1ccc(-c2cc(Cn3nc(Br)nc3Br)cc(-c3ccc(C)cc3)c2)cc1.OB(O)c1ccc(F)cc1F.c1ccc(P(c2ccccc2)c2ccccc2)cc1. The maximum Gasteiger partial charge on any atom is 0.491 e. The second kappa shape index (κ2) is 20.6. The molecular formula is C47H39BBr2F2N3O2P. The van der Waals surface area contributed by atoms with E-state index in [2.05, 4.69) is 214 Å². The molecule has 0 radical (unpaired) electrons. The van der Waals surface area contributed by atoms with Crippen molar-refractivity contribution in [2.45, 2.75) is 20.4 Å². The normalized spacial score (nSPS) is 10.6. The lowest BCUT2D eigenvalue weighted by Crippen LogP contribution is -2.32. The van der Waals surface area contributed by atoms with Crippen LogP contribution in [0.5, 0.6) is 0 Å². The van der Waals surface area contributed by atoms with Gasteiger partial charge in [0.25, 0.3) is 0 Å². The Labute approximate surface area is 356 Å². The molecule has 0 atom stereocenters. The number of benzene rings is 7. The maximum atomic E-state index is 12.5. The quantitative estimate of drug-likeness (QED) is 0.118. The fraction of sp³-hybridized carbons (Fsp3) is 0.0638. The van der Waals surface area contributed by atoms with Gasteiger partial charge in [0.1, 0.15) is 11.6 Å². The summed E-state index contributed by atoms with van der Waals surface area (Å²) >= 11 is 6.82. The van der Waals surface area contributed by atoms with Crippen molar-refractivity contribution in [3.05, 3.63) is 214 Å². The molecule has 0 spiro atoms. The third-order valence-corrected chi connectivity index (χ3v) is 12.3. The molecule has 5 nitrogen and oxygen atoms in total. The molecule has 58 heavy (non-hydrogen) atoms. The fourth-order valence-corrected chi connectivity index (χ4v) is 9.34. The van der Waals surface area contributed by atoms with Crippen LogP contribution in [0.3, 0.4) is 0 Å². The molecule has 0 unspecified atom stereocenters. The van der Waals surface area contributed by atoms with E-state index in [0.29, 0.717) is 22.1 Å². The van der Waals surface area contributed by atoms with Gasteiger partial charge in [0.05, 0.1) is 6.54 Å². The zero-order chi connectivity index (χ0) is 41.0. The van der Waals surface area contributed by atoms with Crippen molar-refractivity contribution in [2.24, 2.45) is 0 Å². The summed E-state index contributed by atoms with van der Waals surface area (Å²) in [6.45, 7) is 4.85. The molecule has 0 fully saturated rings. The van der Waals surface area contributed by atoms with Gasteiger partial charge in [-0.3, -0.25) is 0 Å². The number of halogens is 4. The van der Waals surface area contributed by atoms with E-state index in [0.717, 1.165) is 12.1 Å². The van der Waals surface area contributed by atoms with E-state index in [-0.39, 0.29) is 5.46 Å². The fourth-order valence-electron chi connectivity index (χ4n) is 6.07. The summed E-state index contributed by atoms with van der Waals surface area (Å²) in [4.78, 5) is 4.27. The Hall–Kier alpha value is -5.09. The van der Waals surface area contributed by atoms with Gasteiger partial charge in [-0.25, -0.2) is 13.5 Å². The molecule has 0 aliphatic heterocycles. The monoisotopic (exact) mass is 915 g/mol. The lowest BCUT2D eigenvalue weighted by Gasteiger charge is -2.18. The minimum atomic E-state index is -1.89. The maximum absolute atomic E-state index is 12.5. The molecule has 11 heteroatoms. The van der Waals surface area contributed by atoms with Gasteiger partial charge in [0.15, 0.2) is 4.73 Å². The molecule has 7 aromatic carbocycles. The minimum Gasteiger partial charge on any atom is -0.423 e. The molecule has 1 heterocycles. The summed E-state index contributed by atoms with van der Waals surface area (Å²) < 4.78 is 27.9. The molecule has 0 saturated heterocycles. The van der Waals surface area contributed by atoms with Crippen LogP contribution in [0.1, 0.15) is 16.7 Å². The van der Waals surface area contributed by atoms with E-state index in [9.17, 15) is 8.78 Å². The Morgan fingerprint density at radius 2 is 1.02 bits per heavy atom. The summed E-state index contributed by atoms with van der Waals surface area (Å²) in [6, 6.07) is 58.9. The van der Waals surface area contributed by atoms with Crippen molar-refractivity contribution in [3.8, 4) is 22.3 Å². The second-order valence-corrected chi connectivity index (χ2v) is 17.0. The molecule has 1 aromatic heterocycles. The highest BCUT2D eigenvalue weighted by molar-refractivity contribution is 9.11. The number of aromatic nitrogens is 3. The van der Waals surface area contributed by atoms with Gasteiger partial charge in [-0.15, -0.1) is 5.10 Å². The standard InChI is InChI=1S/C23H19Br2N3.C18H15P.C6H5BF2O2/c1-15-3-7-18(8-4-15)20-11-17(14-28-23(25)26-22(24)27-28)12-21(13-20)19-9-5-16(2)6-10-19;1-4-10-16(11-5-1)19(17-12-6-2-7-13-17)18-14-8-3-9-15-18;8-4-1-2-5(7(10)11)6(9)3-4/h3-13H,14H2,1-2H3;1-15H;1-3,10-11H. The molecule has 0 bridgehead atoms. The van der Waals surface area contributed by atoms with E-state index in [1.54, 1.807) is 0 Å². The summed E-state index contributed by atoms with van der Waals surface area (Å²) in [5.41, 5.74) is 8.18. The van der Waals surface area contributed by atoms with Crippen molar-refractivity contribution in [1.82, 2.24) is 14.8 Å². The average molecular weight is 917 g/mol. The van der Waals surface area contributed by atoms with Crippen LogP contribution in [0.15, 0.2) is 185 Å². The minimum absolute atomic E-state index is 0.327. The first kappa shape index (κ1) is 42.5. The van der Waals surface area contributed by atoms with Gasteiger partial charge < -0.3 is 10.0 Å². The van der Waals surface area contributed by atoms with Gasteiger partial charge in [-0.05, 0) is 122 Å². The van der Waals surface area contributed by atoms with Crippen LogP contribution in [0.2, 0.25) is 0 Å². The Kier molecular flexibility index (Phi) is 15.1. The Morgan fingerprint density at radius 1 is 0.569 bits per heavy atom. The van der Waals surface area contributed by atoms with Crippen LogP contribution < -0.4 is 21.4 Å². The Bertz CT molecular complexity index is 2370. The van der Waals surface area contributed by atoms with Crippen molar-refractivity contribution >= 4 is 68.3 Å². The Morgan fingerprint density at radius 3 is 1.40 bits per heavy atom. The van der Waals surface area contributed by atoms with Crippen LogP contribution in [0, 0.1) is 25.5 Å². The third-order valence-electron chi connectivity index (χ3n) is 8.98. The summed E-state index contributed by atoms with van der Waals surface area (Å²) in [5, 5.41) is 25.6. The summed E-state index contributed by atoms with van der Waals surface area (Å²) in [5.74, 6) is -1.70. The summed E-state index contributed by atoms with van der Waals surface area (Å²) in [6.07, 6.45) is 0. The molecule has 2 N–H and O–H groups in total. The second-order valence-electron chi connectivity index (χ2n) is 13.3. The summed E-state index contributed by atoms with van der Waals surface area (Å²) in [7, 11) is -2.34. The Balaban J connectivity index is 0.000000163. The van der Waals surface area contributed by atoms with E-state index >= 15 is 0 Å². The number of hydrogen-bond acceptors (Lipinski definition) is 4. The lowest BCUT2D eigenvalue weighted by molar-refractivity contribution is 0.422. The van der Waals surface area contributed by atoms with Crippen molar-refractivity contribution < 1.29 is 18.8 Å². The van der Waals surface area contributed by atoms with Crippen LogP contribution in [0.4, 0.5) is 8.78 Å². The highest BCUT2D eigenvalue weighted by Crippen LogP contribution is 2.32. The molecule has 8 aromatic rings. The highest BCUT2D eigenvalue weighted by Gasteiger charge is 2.17. The smallest absolute Gasteiger partial charge is 0.423 e. The van der Waals surface area contributed by atoms with Crippen LogP contribution in [0.25, 0.3) is 22.3 Å². The van der Waals surface area contributed by atoms with Crippen molar-refractivity contribution in [1.29, 1.82) is 0 Å². The van der Waals surface area contributed by atoms with E-state index in [4.69, 9.17) is 10.0 Å². The lowest BCUT2D eigenvalue weighted by atomic mass is 9.80. The highest BCUT2D eigenvalue weighted by atomic mass is 79.9. The molecule has 0 aliphatic rings. The van der Waals surface area contributed by atoms with Gasteiger partial charge in [-0.2, -0.15) is 4.98 Å². The third kappa shape index (κ3) is 11.7. The first-order valence-electron chi connectivity index (χ1n) is 18.3. The number of aryl methyl sites for hydroxylation is 2. The van der Waals surface area contributed by atoms with Crippen LogP contribution in [-0.4, -0.2) is 31.9 Å². The molecule has 290 valence electrons. The largest absolute Gasteiger partial charge is 0.491 e. The van der Waals surface area contributed by atoms with Gasteiger partial charge in [0.2, 0.25) is 4.73 Å². The average Bonchev–Trinajstić information content (AvgIpc) is 3.55. The number of hydrogen-bond donors (Lipinski definition) is 2. The molecular weight excluding hydrogens is 878 g/mol. The number of nitrogens with zero attached hydrogens (tertiary/aromatic N) is 3. The predicted molar refractivity (Wildman–Crippen MR) is 243 cm³/mol. The van der Waals surface area contributed by atoms with Crippen molar-refractivity contribution in [2.75, 3.05) is 0 Å². The van der Waals surface area contributed by atoms with E-state index in [1.807, 2.05) is 4.68 Å². The molecule has 0 amide bonds.